The van der Waals surface area contributed by atoms with Gasteiger partial charge in [-0.1, -0.05) is 42.8 Å². The molecule has 0 saturated heterocycles. The molecule has 4 nitrogen and oxygen atoms in total. The Labute approximate surface area is 125 Å². The molecule has 3 N–H and O–H groups in total. The lowest BCUT2D eigenvalue weighted by Crippen LogP contribution is -2.21. The molecule has 21 heavy (non-hydrogen) atoms. The summed E-state index contributed by atoms with van der Waals surface area (Å²) in [6, 6.07) is 15.3. The SMILES string of the molecule is CCNCc1ccccc1NC(=O)Nc1ccc(C)cc1. The summed E-state index contributed by atoms with van der Waals surface area (Å²) >= 11 is 0. The Kier molecular flexibility index (Phi) is 5.35. The van der Waals surface area contributed by atoms with Crippen LogP contribution in [0.25, 0.3) is 0 Å². The van der Waals surface area contributed by atoms with E-state index in [4.69, 9.17) is 0 Å². The largest absolute Gasteiger partial charge is 0.323 e. The quantitative estimate of drug-likeness (QED) is 0.782. The summed E-state index contributed by atoms with van der Waals surface area (Å²) in [5.41, 5.74) is 3.83. The number of para-hydroxylation sites is 1. The van der Waals surface area contributed by atoms with Crippen LogP contribution >= 0.6 is 0 Å². The highest BCUT2D eigenvalue weighted by Gasteiger charge is 2.06. The van der Waals surface area contributed by atoms with Crippen LogP contribution in [0.2, 0.25) is 0 Å². The second-order valence-corrected chi connectivity index (χ2v) is 4.88. The van der Waals surface area contributed by atoms with Gasteiger partial charge >= 0.3 is 6.03 Å². The van der Waals surface area contributed by atoms with Crippen LogP contribution < -0.4 is 16.0 Å². The number of aryl methyl sites for hydroxylation is 1. The maximum Gasteiger partial charge on any atom is 0.323 e. The maximum absolute atomic E-state index is 12.1. The van der Waals surface area contributed by atoms with Crippen molar-refractivity contribution in [3.05, 3.63) is 59.7 Å². The lowest BCUT2D eigenvalue weighted by molar-refractivity contribution is 0.262. The summed E-state index contributed by atoms with van der Waals surface area (Å²) in [4.78, 5) is 12.1. The van der Waals surface area contributed by atoms with E-state index in [2.05, 4.69) is 22.9 Å². The molecule has 4 heteroatoms. The first kappa shape index (κ1) is 15.1. The number of nitrogens with one attached hydrogen (secondary N) is 3. The van der Waals surface area contributed by atoms with Gasteiger partial charge in [0.15, 0.2) is 0 Å². The molecule has 2 aromatic carbocycles. The minimum atomic E-state index is -0.234. The predicted octanol–water partition coefficient (Wildman–Crippen LogP) is 3.75. The molecule has 0 aliphatic carbocycles. The Morgan fingerprint density at radius 3 is 2.43 bits per heavy atom. The highest BCUT2D eigenvalue weighted by molar-refractivity contribution is 6.00. The zero-order valence-corrected chi connectivity index (χ0v) is 12.4. The first-order chi connectivity index (χ1) is 10.2. The molecule has 110 valence electrons. The summed E-state index contributed by atoms with van der Waals surface area (Å²) in [7, 11) is 0. The van der Waals surface area contributed by atoms with E-state index in [-0.39, 0.29) is 6.03 Å². The number of hydrogen-bond acceptors (Lipinski definition) is 2. The van der Waals surface area contributed by atoms with E-state index in [1.807, 2.05) is 55.5 Å². The molecule has 2 amide bonds. The van der Waals surface area contributed by atoms with Crippen LogP contribution in [0.5, 0.6) is 0 Å². The smallest absolute Gasteiger partial charge is 0.313 e. The molecule has 0 aromatic heterocycles. The first-order valence-corrected chi connectivity index (χ1v) is 7.12. The van der Waals surface area contributed by atoms with Crippen molar-refractivity contribution in [3.8, 4) is 0 Å². The van der Waals surface area contributed by atoms with Crippen LogP contribution in [-0.2, 0) is 6.54 Å². The van der Waals surface area contributed by atoms with Gasteiger partial charge in [-0.2, -0.15) is 0 Å². The minimum absolute atomic E-state index is 0.234. The summed E-state index contributed by atoms with van der Waals surface area (Å²) in [6.07, 6.45) is 0. The molecule has 0 unspecified atom stereocenters. The van der Waals surface area contributed by atoms with Gasteiger partial charge < -0.3 is 16.0 Å². The van der Waals surface area contributed by atoms with E-state index in [1.54, 1.807) is 0 Å². The van der Waals surface area contributed by atoms with Crippen molar-refractivity contribution in [1.29, 1.82) is 0 Å². The second kappa shape index (κ2) is 7.45. The summed E-state index contributed by atoms with van der Waals surface area (Å²) in [6.45, 7) is 5.70. The van der Waals surface area contributed by atoms with Gasteiger partial charge in [-0.3, -0.25) is 0 Å². The van der Waals surface area contributed by atoms with Gasteiger partial charge in [0.05, 0.1) is 0 Å². The molecule has 0 saturated carbocycles. The molecule has 0 fully saturated rings. The summed E-state index contributed by atoms with van der Waals surface area (Å²) in [5.74, 6) is 0. The molecule has 0 bridgehead atoms. The number of carbonyl (C=O) groups is 1. The van der Waals surface area contributed by atoms with Crippen molar-refractivity contribution < 1.29 is 4.79 Å². The molecule has 0 aliphatic rings. The third-order valence-electron chi connectivity index (χ3n) is 3.14. The fraction of sp³-hybridized carbons (Fsp3) is 0.235. The molecule has 0 spiro atoms. The van der Waals surface area contributed by atoms with E-state index in [0.29, 0.717) is 0 Å². The van der Waals surface area contributed by atoms with E-state index in [9.17, 15) is 4.79 Å². The fourth-order valence-electron chi connectivity index (χ4n) is 1.98. The van der Waals surface area contributed by atoms with Gasteiger partial charge in [-0.25, -0.2) is 4.79 Å². The van der Waals surface area contributed by atoms with Crippen LogP contribution in [0.15, 0.2) is 48.5 Å². The lowest BCUT2D eigenvalue weighted by Gasteiger charge is -2.12. The molecule has 0 heterocycles. The monoisotopic (exact) mass is 283 g/mol. The van der Waals surface area contributed by atoms with Crippen molar-refractivity contribution >= 4 is 17.4 Å². The van der Waals surface area contributed by atoms with E-state index in [1.165, 1.54) is 0 Å². The number of anilines is 2. The molecule has 0 atom stereocenters. The van der Waals surface area contributed by atoms with Crippen molar-refractivity contribution in [2.75, 3.05) is 17.2 Å². The third-order valence-corrected chi connectivity index (χ3v) is 3.14. The minimum Gasteiger partial charge on any atom is -0.313 e. The summed E-state index contributed by atoms with van der Waals surface area (Å²) < 4.78 is 0. The van der Waals surface area contributed by atoms with Crippen molar-refractivity contribution in [3.63, 3.8) is 0 Å². The zero-order chi connectivity index (χ0) is 15.1. The number of carbonyl (C=O) groups excluding carboxylic acids is 1. The summed E-state index contributed by atoms with van der Waals surface area (Å²) in [5, 5.41) is 8.99. The molecular formula is C17H21N3O. The highest BCUT2D eigenvalue weighted by Crippen LogP contribution is 2.16. The Bertz CT molecular complexity index is 593. The van der Waals surface area contributed by atoms with E-state index < -0.39 is 0 Å². The van der Waals surface area contributed by atoms with Gasteiger partial charge in [0, 0.05) is 17.9 Å². The third kappa shape index (κ3) is 4.61. The zero-order valence-electron chi connectivity index (χ0n) is 12.4. The molecule has 0 radical (unpaired) electrons. The highest BCUT2D eigenvalue weighted by atomic mass is 16.2. The van der Waals surface area contributed by atoms with E-state index >= 15 is 0 Å². The number of hydrogen-bond donors (Lipinski definition) is 3. The number of benzene rings is 2. The fourth-order valence-corrected chi connectivity index (χ4v) is 1.98. The van der Waals surface area contributed by atoms with Gasteiger partial charge in [0.25, 0.3) is 0 Å². The molecule has 2 rings (SSSR count). The average Bonchev–Trinajstić information content (AvgIpc) is 2.49. The van der Waals surface area contributed by atoms with Crippen LogP contribution in [0, 0.1) is 6.92 Å². The Morgan fingerprint density at radius 2 is 1.71 bits per heavy atom. The van der Waals surface area contributed by atoms with Crippen molar-refractivity contribution in [2.45, 2.75) is 20.4 Å². The predicted molar refractivity (Wildman–Crippen MR) is 87.6 cm³/mol. The molecule has 2 aromatic rings. The Morgan fingerprint density at radius 1 is 1.00 bits per heavy atom. The van der Waals surface area contributed by atoms with Crippen LogP contribution in [0.4, 0.5) is 16.2 Å². The second-order valence-electron chi connectivity index (χ2n) is 4.88. The van der Waals surface area contributed by atoms with Crippen LogP contribution in [0.1, 0.15) is 18.1 Å². The van der Waals surface area contributed by atoms with Crippen LogP contribution in [0.3, 0.4) is 0 Å². The maximum atomic E-state index is 12.1. The average molecular weight is 283 g/mol. The Balaban J connectivity index is 2.00. The van der Waals surface area contributed by atoms with Crippen LogP contribution in [-0.4, -0.2) is 12.6 Å². The van der Waals surface area contributed by atoms with Crippen molar-refractivity contribution in [2.24, 2.45) is 0 Å². The van der Waals surface area contributed by atoms with Gasteiger partial charge in [-0.05, 0) is 37.2 Å². The molecule has 0 aliphatic heterocycles. The van der Waals surface area contributed by atoms with Gasteiger partial charge in [-0.15, -0.1) is 0 Å². The molecular weight excluding hydrogens is 262 g/mol. The van der Waals surface area contributed by atoms with Crippen molar-refractivity contribution in [1.82, 2.24) is 5.32 Å². The number of amides is 2. The topological polar surface area (TPSA) is 53.2 Å². The van der Waals surface area contributed by atoms with E-state index in [0.717, 1.165) is 35.6 Å². The normalized spacial score (nSPS) is 10.2. The number of rotatable bonds is 5. The Hall–Kier alpha value is -2.33. The van der Waals surface area contributed by atoms with Gasteiger partial charge in [0.1, 0.15) is 0 Å². The number of urea groups is 1. The standard InChI is InChI=1S/C17H21N3O/c1-3-18-12-14-6-4-5-7-16(14)20-17(21)19-15-10-8-13(2)9-11-15/h4-11,18H,3,12H2,1-2H3,(H2,19,20,21). The van der Waals surface area contributed by atoms with Gasteiger partial charge in [0.2, 0.25) is 0 Å². The first-order valence-electron chi connectivity index (χ1n) is 7.12. The lowest BCUT2D eigenvalue weighted by atomic mass is 10.2.